The van der Waals surface area contributed by atoms with Crippen LogP contribution in [-0.2, 0) is 0 Å². The van der Waals surface area contributed by atoms with Crippen molar-refractivity contribution < 1.29 is 4.79 Å². The Balaban J connectivity index is 2.36. The lowest BCUT2D eigenvalue weighted by Gasteiger charge is -1.89. The van der Waals surface area contributed by atoms with Crippen molar-refractivity contribution in [3.8, 4) is 0 Å². The van der Waals surface area contributed by atoms with Gasteiger partial charge in [-0.2, -0.15) is 0 Å². The summed E-state index contributed by atoms with van der Waals surface area (Å²) in [6.45, 7) is 1.97. The lowest BCUT2D eigenvalue weighted by molar-refractivity contribution is 0.104. The van der Waals surface area contributed by atoms with Crippen molar-refractivity contribution in [2.24, 2.45) is 0 Å². The van der Waals surface area contributed by atoms with E-state index in [2.05, 4.69) is 36.8 Å². The normalized spacial score (nSPS) is 10.6. The number of hydrogen-bond acceptors (Lipinski definition) is 4. The van der Waals surface area contributed by atoms with Gasteiger partial charge >= 0.3 is 0 Å². The van der Waals surface area contributed by atoms with Gasteiger partial charge in [0.1, 0.15) is 4.60 Å². The van der Waals surface area contributed by atoms with Crippen LogP contribution in [0.15, 0.2) is 19.8 Å². The largest absolute Gasteiger partial charge is 0.285 e. The summed E-state index contributed by atoms with van der Waals surface area (Å²) in [5.41, 5.74) is 1.08. The van der Waals surface area contributed by atoms with E-state index in [0.717, 1.165) is 14.2 Å². The Hall–Kier alpha value is -0.0400. The highest BCUT2D eigenvalue weighted by atomic mass is 79.9. The number of thiophene rings is 1. The third-order valence-electron chi connectivity index (χ3n) is 1.75. The van der Waals surface area contributed by atoms with Crippen LogP contribution in [0.25, 0.3) is 0 Å². The molecule has 2 heterocycles. The Bertz CT molecular complexity index is 498. The SMILES string of the molecule is Cc1cc(C(=O)c2nc(Br)cs2)sc1Br. The molecule has 0 aromatic carbocycles. The number of aryl methyl sites for hydroxylation is 1. The fourth-order valence-electron chi connectivity index (χ4n) is 1.04. The molecule has 0 saturated carbocycles. The quantitative estimate of drug-likeness (QED) is 0.743. The Morgan fingerprint density at radius 3 is 2.67 bits per heavy atom. The first-order valence-electron chi connectivity index (χ1n) is 3.99. The molecule has 0 saturated heterocycles. The van der Waals surface area contributed by atoms with Gasteiger partial charge in [-0.25, -0.2) is 4.98 Å². The molecule has 0 aliphatic heterocycles. The van der Waals surface area contributed by atoms with Crippen molar-refractivity contribution in [1.29, 1.82) is 0 Å². The molecule has 0 atom stereocenters. The maximum absolute atomic E-state index is 11.9. The number of nitrogens with zero attached hydrogens (tertiary/aromatic N) is 1. The van der Waals surface area contributed by atoms with Gasteiger partial charge in [0.25, 0.3) is 0 Å². The van der Waals surface area contributed by atoms with Crippen LogP contribution in [0.3, 0.4) is 0 Å². The van der Waals surface area contributed by atoms with Gasteiger partial charge in [0.15, 0.2) is 5.01 Å². The Kier molecular flexibility index (Phi) is 3.39. The van der Waals surface area contributed by atoms with Crippen molar-refractivity contribution in [2.45, 2.75) is 6.92 Å². The average Bonchev–Trinajstić information content (AvgIpc) is 2.74. The molecule has 0 radical (unpaired) electrons. The molecular formula is C9H5Br2NOS2. The van der Waals surface area contributed by atoms with Crippen molar-refractivity contribution in [3.05, 3.63) is 35.3 Å². The van der Waals surface area contributed by atoms with E-state index >= 15 is 0 Å². The molecule has 0 aliphatic rings. The lowest BCUT2D eigenvalue weighted by Crippen LogP contribution is -1.96. The van der Waals surface area contributed by atoms with E-state index in [1.54, 1.807) is 0 Å². The van der Waals surface area contributed by atoms with Gasteiger partial charge in [-0.1, -0.05) is 0 Å². The number of halogens is 2. The molecular weight excluding hydrogens is 362 g/mol. The molecule has 2 rings (SSSR count). The number of carbonyl (C=O) groups excluding carboxylic acids is 1. The van der Waals surface area contributed by atoms with Crippen LogP contribution < -0.4 is 0 Å². The predicted octanol–water partition coefficient (Wildman–Crippen LogP) is 4.27. The molecule has 0 amide bonds. The lowest BCUT2D eigenvalue weighted by atomic mass is 10.3. The third kappa shape index (κ3) is 2.38. The summed E-state index contributed by atoms with van der Waals surface area (Å²) < 4.78 is 1.71. The molecule has 2 aromatic heterocycles. The maximum Gasteiger partial charge on any atom is 0.231 e. The van der Waals surface area contributed by atoms with E-state index in [1.165, 1.54) is 22.7 Å². The van der Waals surface area contributed by atoms with Gasteiger partial charge in [0.05, 0.1) is 8.66 Å². The van der Waals surface area contributed by atoms with E-state index in [-0.39, 0.29) is 5.78 Å². The fraction of sp³-hybridized carbons (Fsp3) is 0.111. The maximum atomic E-state index is 11.9. The first-order valence-corrected chi connectivity index (χ1v) is 7.28. The summed E-state index contributed by atoms with van der Waals surface area (Å²) in [6, 6.07) is 1.88. The van der Waals surface area contributed by atoms with Gasteiger partial charge in [-0.15, -0.1) is 22.7 Å². The molecule has 2 aromatic rings. The van der Waals surface area contributed by atoms with Crippen LogP contribution in [0.2, 0.25) is 0 Å². The van der Waals surface area contributed by atoms with Crippen LogP contribution in [0.1, 0.15) is 20.2 Å². The van der Waals surface area contributed by atoms with Crippen molar-refractivity contribution in [3.63, 3.8) is 0 Å². The van der Waals surface area contributed by atoms with Crippen LogP contribution in [0.5, 0.6) is 0 Å². The first kappa shape index (κ1) is 11.4. The van der Waals surface area contributed by atoms with Crippen LogP contribution in [0, 0.1) is 6.92 Å². The van der Waals surface area contributed by atoms with Crippen LogP contribution in [0.4, 0.5) is 0 Å². The smallest absolute Gasteiger partial charge is 0.231 e. The second-order valence-corrected chi connectivity index (χ2v) is 6.91. The standard InChI is InChI=1S/C9H5Br2NOS2/c1-4-2-5(15-8(4)11)7(13)9-12-6(10)3-14-9/h2-3H,1H3. The zero-order chi connectivity index (χ0) is 11.0. The van der Waals surface area contributed by atoms with Crippen molar-refractivity contribution in [2.75, 3.05) is 0 Å². The predicted molar refractivity (Wildman–Crippen MR) is 70.0 cm³/mol. The molecule has 0 N–H and O–H groups in total. The van der Waals surface area contributed by atoms with Gasteiger partial charge in [0, 0.05) is 5.38 Å². The number of thiazole rings is 1. The van der Waals surface area contributed by atoms with E-state index in [0.29, 0.717) is 9.61 Å². The number of aromatic nitrogens is 1. The highest BCUT2D eigenvalue weighted by molar-refractivity contribution is 9.11. The molecule has 0 bridgehead atoms. The Labute approximate surface area is 112 Å². The summed E-state index contributed by atoms with van der Waals surface area (Å²) in [6.07, 6.45) is 0. The summed E-state index contributed by atoms with van der Waals surface area (Å²) >= 11 is 9.43. The molecule has 2 nitrogen and oxygen atoms in total. The van der Waals surface area contributed by atoms with Crippen molar-refractivity contribution in [1.82, 2.24) is 4.98 Å². The van der Waals surface area contributed by atoms with Gasteiger partial charge < -0.3 is 0 Å². The highest BCUT2D eigenvalue weighted by Gasteiger charge is 2.16. The highest BCUT2D eigenvalue weighted by Crippen LogP contribution is 2.29. The minimum absolute atomic E-state index is 0.00972. The third-order valence-corrected chi connectivity index (χ3v) is 5.44. The molecule has 0 fully saturated rings. The minimum Gasteiger partial charge on any atom is -0.285 e. The second-order valence-electron chi connectivity index (χ2n) is 2.87. The minimum atomic E-state index is -0.00972. The molecule has 0 spiro atoms. The monoisotopic (exact) mass is 365 g/mol. The summed E-state index contributed by atoms with van der Waals surface area (Å²) in [5.74, 6) is -0.00972. The molecule has 0 aliphatic carbocycles. The summed E-state index contributed by atoms with van der Waals surface area (Å²) in [7, 11) is 0. The molecule has 0 unspecified atom stereocenters. The summed E-state index contributed by atoms with van der Waals surface area (Å²) in [5, 5.41) is 2.33. The number of ketones is 1. The van der Waals surface area contributed by atoms with E-state index in [9.17, 15) is 4.79 Å². The van der Waals surface area contributed by atoms with Crippen LogP contribution in [-0.4, -0.2) is 10.8 Å². The topological polar surface area (TPSA) is 30.0 Å². The second kappa shape index (κ2) is 4.45. The average molecular weight is 367 g/mol. The molecule has 15 heavy (non-hydrogen) atoms. The van der Waals surface area contributed by atoms with Gasteiger partial charge in [-0.05, 0) is 50.4 Å². The molecule has 6 heteroatoms. The van der Waals surface area contributed by atoms with Crippen LogP contribution >= 0.6 is 54.5 Å². The van der Waals surface area contributed by atoms with E-state index in [4.69, 9.17) is 0 Å². The zero-order valence-corrected chi connectivity index (χ0v) is 12.4. The molecule has 78 valence electrons. The Morgan fingerprint density at radius 2 is 2.20 bits per heavy atom. The number of hydrogen-bond donors (Lipinski definition) is 0. The van der Waals surface area contributed by atoms with Gasteiger partial charge in [-0.3, -0.25) is 4.79 Å². The zero-order valence-electron chi connectivity index (χ0n) is 7.58. The van der Waals surface area contributed by atoms with E-state index < -0.39 is 0 Å². The van der Waals surface area contributed by atoms with Crippen molar-refractivity contribution >= 4 is 60.3 Å². The van der Waals surface area contributed by atoms with Gasteiger partial charge in [0.2, 0.25) is 5.78 Å². The van der Waals surface area contributed by atoms with E-state index in [1.807, 2.05) is 18.4 Å². The Morgan fingerprint density at radius 1 is 1.47 bits per heavy atom. The summed E-state index contributed by atoms with van der Waals surface area (Å²) in [4.78, 5) is 16.8. The fourth-order valence-corrected chi connectivity index (χ4v) is 3.78. The number of carbonyl (C=O) groups is 1. The number of rotatable bonds is 2. The first-order chi connectivity index (χ1) is 7.08.